The topological polar surface area (TPSA) is 76.9 Å². The molecule has 3 aromatic rings. The van der Waals surface area contributed by atoms with Gasteiger partial charge in [-0.05, 0) is 11.1 Å². The lowest BCUT2D eigenvalue weighted by atomic mass is 10.0. The predicted octanol–water partition coefficient (Wildman–Crippen LogP) is 2.71. The number of hydrogen-bond acceptors (Lipinski definition) is 5. The number of rotatable bonds is 3. The van der Waals surface area contributed by atoms with Crippen molar-refractivity contribution < 1.29 is 8.42 Å². The minimum atomic E-state index is -3.51. The van der Waals surface area contributed by atoms with Gasteiger partial charge in [-0.15, -0.1) is 0 Å². The van der Waals surface area contributed by atoms with Crippen LogP contribution in [-0.2, 0) is 9.84 Å². The van der Waals surface area contributed by atoms with Crippen molar-refractivity contribution >= 4 is 21.5 Å². The van der Waals surface area contributed by atoms with E-state index in [-0.39, 0.29) is 4.91 Å². The van der Waals surface area contributed by atoms with Gasteiger partial charge in [0.05, 0.1) is 10.6 Å². The first-order chi connectivity index (χ1) is 12.1. The van der Waals surface area contributed by atoms with E-state index < -0.39 is 15.9 Å². The molecule has 2 aromatic carbocycles. The molecule has 1 aliphatic rings. The first-order valence-electron chi connectivity index (χ1n) is 7.77. The molecule has 0 aliphatic carbocycles. The number of anilines is 1. The zero-order valence-electron chi connectivity index (χ0n) is 13.5. The van der Waals surface area contributed by atoms with Crippen molar-refractivity contribution in [2.45, 2.75) is 6.04 Å². The molecule has 1 N–H and O–H groups in total. The summed E-state index contributed by atoms with van der Waals surface area (Å²) in [6.07, 6.45) is 2.65. The van der Waals surface area contributed by atoms with Crippen LogP contribution in [0.1, 0.15) is 17.2 Å². The molecule has 1 unspecified atom stereocenters. The van der Waals surface area contributed by atoms with E-state index in [1.807, 2.05) is 60.7 Å². The van der Waals surface area contributed by atoms with Crippen molar-refractivity contribution in [3.8, 4) is 0 Å². The van der Waals surface area contributed by atoms with E-state index in [9.17, 15) is 8.42 Å². The Morgan fingerprint density at radius 1 is 1.00 bits per heavy atom. The van der Waals surface area contributed by atoms with Crippen LogP contribution in [0.3, 0.4) is 0 Å². The molecule has 126 valence electrons. The van der Waals surface area contributed by atoms with Crippen LogP contribution in [0.5, 0.6) is 0 Å². The molecule has 0 saturated carbocycles. The molecule has 0 radical (unpaired) electrons. The van der Waals surface area contributed by atoms with Crippen LogP contribution in [0.25, 0.3) is 5.70 Å². The fraction of sp³-hybridized carbons (Fsp3) is 0.111. The van der Waals surface area contributed by atoms with Crippen molar-refractivity contribution in [1.82, 2.24) is 14.8 Å². The van der Waals surface area contributed by atoms with Crippen LogP contribution in [-0.4, -0.2) is 29.4 Å². The fourth-order valence-electron chi connectivity index (χ4n) is 3.08. The first kappa shape index (κ1) is 15.6. The second-order valence-corrected chi connectivity index (χ2v) is 7.83. The standard InChI is InChI=1S/C18H16N4O2S/c1-25(23,24)17-15(13-8-4-2-5-9-13)21-18-19-12-20-22(18)16(17)14-10-6-3-7-11-14/h2-12,16H,1H3,(H,19,20,21). The average molecular weight is 352 g/mol. The van der Waals surface area contributed by atoms with E-state index in [4.69, 9.17) is 0 Å². The molecule has 6 nitrogen and oxygen atoms in total. The zero-order valence-corrected chi connectivity index (χ0v) is 14.3. The summed E-state index contributed by atoms with van der Waals surface area (Å²) in [5.74, 6) is 0.514. The van der Waals surface area contributed by atoms with Crippen LogP contribution in [0.4, 0.5) is 5.95 Å². The largest absolute Gasteiger partial charge is 0.323 e. The van der Waals surface area contributed by atoms with Gasteiger partial charge in [0, 0.05) is 6.26 Å². The molecule has 0 fully saturated rings. The van der Waals surface area contributed by atoms with E-state index in [0.717, 1.165) is 11.1 Å². The molecular formula is C18H16N4O2S. The predicted molar refractivity (Wildman–Crippen MR) is 96.4 cm³/mol. The van der Waals surface area contributed by atoms with E-state index in [1.165, 1.54) is 12.6 Å². The summed E-state index contributed by atoms with van der Waals surface area (Å²) < 4.78 is 27.1. The van der Waals surface area contributed by atoms with Gasteiger partial charge in [-0.25, -0.2) is 13.1 Å². The lowest BCUT2D eigenvalue weighted by Crippen LogP contribution is -2.28. The Kier molecular flexibility index (Phi) is 3.65. The summed E-state index contributed by atoms with van der Waals surface area (Å²) in [6, 6.07) is 18.3. The van der Waals surface area contributed by atoms with Crippen molar-refractivity contribution in [1.29, 1.82) is 0 Å². The summed E-state index contributed by atoms with van der Waals surface area (Å²) in [5.41, 5.74) is 2.17. The van der Waals surface area contributed by atoms with E-state index in [1.54, 1.807) is 4.68 Å². The second-order valence-electron chi connectivity index (χ2n) is 5.84. The third-order valence-electron chi connectivity index (χ3n) is 4.13. The molecule has 1 atom stereocenters. The van der Waals surface area contributed by atoms with Gasteiger partial charge in [0.15, 0.2) is 9.84 Å². The highest BCUT2D eigenvalue weighted by Gasteiger charge is 2.36. The molecule has 0 saturated heterocycles. The van der Waals surface area contributed by atoms with Crippen molar-refractivity contribution in [2.24, 2.45) is 0 Å². The maximum Gasteiger partial charge on any atom is 0.226 e. The zero-order chi connectivity index (χ0) is 17.4. The number of allylic oxidation sites excluding steroid dienone is 1. The third kappa shape index (κ3) is 2.72. The maximum atomic E-state index is 12.7. The quantitative estimate of drug-likeness (QED) is 0.784. The Labute approximate surface area is 145 Å². The molecule has 4 rings (SSSR count). The normalized spacial score (nSPS) is 17.1. The second kappa shape index (κ2) is 5.86. The summed E-state index contributed by atoms with van der Waals surface area (Å²) in [7, 11) is -3.51. The van der Waals surface area contributed by atoms with Gasteiger partial charge in [-0.3, -0.25) is 0 Å². The summed E-state index contributed by atoms with van der Waals surface area (Å²) in [4.78, 5) is 4.52. The van der Waals surface area contributed by atoms with Crippen LogP contribution >= 0.6 is 0 Å². The molecular weight excluding hydrogens is 336 g/mol. The minimum Gasteiger partial charge on any atom is -0.323 e. The van der Waals surface area contributed by atoms with Gasteiger partial charge in [0.25, 0.3) is 0 Å². The molecule has 0 spiro atoms. The Bertz CT molecular complexity index is 1040. The maximum absolute atomic E-state index is 12.7. The van der Waals surface area contributed by atoms with Gasteiger partial charge in [0.2, 0.25) is 5.95 Å². The lowest BCUT2D eigenvalue weighted by molar-refractivity contribution is 0.573. The molecule has 7 heteroatoms. The number of aromatic nitrogens is 3. The Hall–Kier alpha value is -2.93. The molecule has 25 heavy (non-hydrogen) atoms. The van der Waals surface area contributed by atoms with Crippen molar-refractivity contribution in [2.75, 3.05) is 11.6 Å². The van der Waals surface area contributed by atoms with E-state index in [2.05, 4.69) is 15.4 Å². The molecule has 0 bridgehead atoms. The van der Waals surface area contributed by atoms with Crippen LogP contribution in [0.2, 0.25) is 0 Å². The molecule has 0 amide bonds. The minimum absolute atomic E-state index is 0.280. The highest BCUT2D eigenvalue weighted by molar-refractivity contribution is 7.94. The summed E-state index contributed by atoms with van der Waals surface area (Å²) in [6.45, 7) is 0. The molecule has 1 aromatic heterocycles. The average Bonchev–Trinajstić information content (AvgIpc) is 3.09. The van der Waals surface area contributed by atoms with Crippen molar-refractivity contribution in [3.05, 3.63) is 83.0 Å². The number of fused-ring (bicyclic) bond motifs is 1. The highest BCUT2D eigenvalue weighted by atomic mass is 32.2. The van der Waals surface area contributed by atoms with E-state index >= 15 is 0 Å². The van der Waals surface area contributed by atoms with Crippen LogP contribution in [0, 0.1) is 0 Å². The molecule has 1 aliphatic heterocycles. The fourth-order valence-corrected chi connectivity index (χ4v) is 4.27. The van der Waals surface area contributed by atoms with Crippen LogP contribution < -0.4 is 5.32 Å². The number of nitrogens with zero attached hydrogens (tertiary/aromatic N) is 3. The Morgan fingerprint density at radius 2 is 1.64 bits per heavy atom. The van der Waals surface area contributed by atoms with Crippen LogP contribution in [0.15, 0.2) is 71.9 Å². The SMILES string of the molecule is CS(=O)(=O)C1=C(c2ccccc2)Nc2ncnn2C1c1ccccc1. The van der Waals surface area contributed by atoms with Gasteiger partial charge < -0.3 is 5.32 Å². The first-order valence-corrected chi connectivity index (χ1v) is 9.66. The number of hydrogen-bond donors (Lipinski definition) is 1. The van der Waals surface area contributed by atoms with Gasteiger partial charge in [0.1, 0.15) is 12.4 Å². The molecule has 2 heterocycles. The number of sulfone groups is 1. The van der Waals surface area contributed by atoms with E-state index in [0.29, 0.717) is 11.6 Å². The summed E-state index contributed by atoms with van der Waals surface area (Å²) in [5, 5.41) is 7.39. The highest BCUT2D eigenvalue weighted by Crippen LogP contribution is 2.40. The Morgan fingerprint density at radius 3 is 2.28 bits per heavy atom. The van der Waals surface area contributed by atoms with Crippen molar-refractivity contribution in [3.63, 3.8) is 0 Å². The smallest absolute Gasteiger partial charge is 0.226 e. The van der Waals surface area contributed by atoms with Gasteiger partial charge in [-0.1, -0.05) is 60.7 Å². The third-order valence-corrected chi connectivity index (χ3v) is 5.35. The lowest BCUT2D eigenvalue weighted by Gasteiger charge is -2.29. The number of benzene rings is 2. The number of nitrogens with one attached hydrogen (secondary N) is 1. The van der Waals surface area contributed by atoms with Gasteiger partial charge in [-0.2, -0.15) is 10.1 Å². The Balaban J connectivity index is 2.04. The monoisotopic (exact) mass is 352 g/mol. The summed E-state index contributed by atoms with van der Waals surface area (Å²) >= 11 is 0. The van der Waals surface area contributed by atoms with Gasteiger partial charge >= 0.3 is 0 Å².